The zero-order chi connectivity index (χ0) is 41.3. The summed E-state index contributed by atoms with van der Waals surface area (Å²) >= 11 is 0. The minimum absolute atomic E-state index is 0.00410. The van der Waals surface area contributed by atoms with E-state index in [4.69, 9.17) is 9.57 Å². The number of ether oxygens (including phenoxy) is 1. The highest BCUT2D eigenvalue weighted by Crippen LogP contribution is 2.61. The van der Waals surface area contributed by atoms with E-state index in [1.54, 1.807) is 38.1 Å². The van der Waals surface area contributed by atoms with Crippen molar-refractivity contribution in [1.29, 1.82) is 0 Å². The standard InChI is InChI=1S/C45H79N5O7/c1-26-35-22-32(45(35,3)4)23-36(26)46-43(54)40-39(27(2)52)38(25-51)57-50(40)24-29-16-13-17-34(41(29)56-9)30-19-31(21-33(20-30)48(5)6)42(53)47-37(44(55)49(7)8)18-28-14-11-10-12-15-28/h26-41,51-52H,10-25H2,1-9H3,(H,46,54)(H,47,53)/t26-,27-,29?,30?,31?,32+,33?,34?,35-,36-,37+,38-,39-,40-,41?/m0/s1. The van der Waals surface area contributed by atoms with Gasteiger partial charge in [0.2, 0.25) is 17.7 Å². The van der Waals surface area contributed by atoms with Gasteiger partial charge in [0.05, 0.1) is 18.8 Å². The van der Waals surface area contributed by atoms with E-state index >= 15 is 0 Å². The van der Waals surface area contributed by atoms with E-state index in [2.05, 4.69) is 50.4 Å². The van der Waals surface area contributed by atoms with Crippen molar-refractivity contribution in [3.8, 4) is 0 Å². The number of carbonyl (C=O) groups is 3. The zero-order valence-corrected chi connectivity index (χ0v) is 36.8. The van der Waals surface area contributed by atoms with Crippen molar-refractivity contribution in [2.24, 2.45) is 58.7 Å². The van der Waals surface area contributed by atoms with Gasteiger partial charge in [0.15, 0.2) is 0 Å². The van der Waals surface area contributed by atoms with Crippen LogP contribution in [0.25, 0.3) is 0 Å². The number of aliphatic hydroxyl groups excluding tert-OH is 2. The zero-order valence-electron chi connectivity index (χ0n) is 36.8. The average molecular weight is 802 g/mol. The SMILES string of the molecule is COC1C(CN2O[C@@H](CO)[C@H]([C@H](C)O)[C@H]2C(=O)N[C@H]2C[C@H]3C[C@@H]([C@@H]2C)C3(C)C)CCCC1C1CC(C(=O)N[C@H](CC2CCCCC2)C(=O)N(C)C)CC(N(C)C)C1. The van der Waals surface area contributed by atoms with Crippen LogP contribution in [-0.4, -0.2) is 134 Å². The number of likely N-dealkylation sites (N-methyl/N-ethyl adjacent to an activating group) is 1. The fraction of sp³-hybridized carbons (Fsp3) is 0.933. The number of carbonyl (C=O) groups excluding carboxylic acids is 3. The molecule has 0 aromatic carbocycles. The molecule has 0 aromatic rings. The molecule has 7 fully saturated rings. The Kier molecular flexibility index (Phi) is 14.8. The Morgan fingerprint density at radius 1 is 0.947 bits per heavy atom. The molecule has 3 amide bonds. The molecule has 6 aliphatic carbocycles. The number of nitrogens with one attached hydrogen (secondary N) is 2. The summed E-state index contributed by atoms with van der Waals surface area (Å²) in [4.78, 5) is 52.3. The first-order valence-electron chi connectivity index (χ1n) is 22.8. The summed E-state index contributed by atoms with van der Waals surface area (Å²) in [6.45, 7) is 8.85. The third-order valence-corrected chi connectivity index (χ3v) is 16.5. The third-order valence-electron chi connectivity index (χ3n) is 16.5. The van der Waals surface area contributed by atoms with Crippen LogP contribution in [-0.2, 0) is 24.0 Å². The lowest BCUT2D eigenvalue weighted by atomic mass is 9.45. The van der Waals surface area contributed by atoms with Gasteiger partial charge in [-0.2, -0.15) is 5.06 Å². The number of hydroxylamine groups is 2. The molecule has 12 heteroatoms. The first-order chi connectivity index (χ1) is 27.0. The van der Waals surface area contributed by atoms with Crippen LogP contribution < -0.4 is 10.6 Å². The van der Waals surface area contributed by atoms with Crippen molar-refractivity contribution in [2.75, 3.05) is 48.5 Å². The molecule has 0 aromatic heterocycles. The quantitative estimate of drug-likeness (QED) is 0.200. The van der Waals surface area contributed by atoms with Gasteiger partial charge >= 0.3 is 0 Å². The molecular formula is C45H79N5O7. The van der Waals surface area contributed by atoms with Gasteiger partial charge in [-0.25, -0.2) is 0 Å². The van der Waals surface area contributed by atoms with Gasteiger partial charge < -0.3 is 35.4 Å². The summed E-state index contributed by atoms with van der Waals surface area (Å²) in [5.41, 5.74) is 0.302. The van der Waals surface area contributed by atoms with Gasteiger partial charge in [0, 0.05) is 57.6 Å². The highest BCUT2D eigenvalue weighted by molar-refractivity contribution is 5.88. The molecule has 0 radical (unpaired) electrons. The Bertz CT molecular complexity index is 1370. The minimum Gasteiger partial charge on any atom is -0.394 e. The molecule has 57 heavy (non-hydrogen) atoms. The Balaban J connectivity index is 1.16. The average Bonchev–Trinajstić information content (AvgIpc) is 3.56. The molecule has 4 N–H and O–H groups in total. The number of hydrogen-bond donors (Lipinski definition) is 4. The summed E-state index contributed by atoms with van der Waals surface area (Å²) in [7, 11) is 9.55. The maximum atomic E-state index is 14.4. The molecule has 326 valence electrons. The van der Waals surface area contributed by atoms with Crippen molar-refractivity contribution >= 4 is 17.7 Å². The molecule has 6 saturated carbocycles. The smallest absolute Gasteiger partial charge is 0.244 e. The van der Waals surface area contributed by atoms with Crippen LogP contribution in [0.3, 0.4) is 0 Å². The van der Waals surface area contributed by atoms with Crippen LogP contribution in [0.1, 0.15) is 118 Å². The Morgan fingerprint density at radius 3 is 2.26 bits per heavy atom. The van der Waals surface area contributed by atoms with Crippen LogP contribution in [0.15, 0.2) is 0 Å². The van der Waals surface area contributed by atoms with Gasteiger partial charge in [0.1, 0.15) is 18.2 Å². The number of nitrogens with zero attached hydrogens (tertiary/aromatic N) is 3. The van der Waals surface area contributed by atoms with E-state index in [0.29, 0.717) is 42.1 Å². The number of fused-ring (bicyclic) bond motifs is 2. The molecule has 1 aliphatic heterocycles. The van der Waals surface area contributed by atoms with Crippen LogP contribution in [0.4, 0.5) is 0 Å². The molecule has 0 spiro atoms. The van der Waals surface area contributed by atoms with Crippen molar-refractivity contribution in [3.05, 3.63) is 0 Å². The molecule has 15 atom stereocenters. The van der Waals surface area contributed by atoms with Gasteiger partial charge in [-0.05, 0) is 113 Å². The van der Waals surface area contributed by atoms with Crippen LogP contribution in [0, 0.1) is 58.7 Å². The molecule has 12 nitrogen and oxygen atoms in total. The highest BCUT2D eigenvalue weighted by Gasteiger charge is 2.58. The second-order valence-corrected chi connectivity index (χ2v) is 20.6. The van der Waals surface area contributed by atoms with E-state index in [1.807, 2.05) is 0 Å². The Labute approximate surface area is 343 Å². The Morgan fingerprint density at radius 2 is 1.67 bits per heavy atom. The second-order valence-electron chi connectivity index (χ2n) is 20.6. The van der Waals surface area contributed by atoms with E-state index < -0.39 is 30.2 Å². The summed E-state index contributed by atoms with van der Waals surface area (Å²) < 4.78 is 6.43. The molecular weight excluding hydrogens is 723 g/mol. The summed E-state index contributed by atoms with van der Waals surface area (Å²) in [5, 5.41) is 29.9. The molecule has 7 rings (SSSR count). The fourth-order valence-electron chi connectivity index (χ4n) is 13.0. The molecule has 7 aliphatic rings. The fourth-order valence-corrected chi connectivity index (χ4v) is 13.0. The van der Waals surface area contributed by atoms with E-state index in [-0.39, 0.29) is 66.2 Å². The van der Waals surface area contributed by atoms with E-state index in [9.17, 15) is 24.6 Å². The van der Waals surface area contributed by atoms with Crippen molar-refractivity contribution in [3.63, 3.8) is 0 Å². The monoisotopic (exact) mass is 802 g/mol. The van der Waals surface area contributed by atoms with Crippen molar-refractivity contribution in [1.82, 2.24) is 25.5 Å². The maximum absolute atomic E-state index is 14.4. The van der Waals surface area contributed by atoms with Gasteiger partial charge in [-0.3, -0.25) is 19.2 Å². The predicted molar refractivity (Wildman–Crippen MR) is 220 cm³/mol. The maximum Gasteiger partial charge on any atom is 0.244 e. The second kappa shape index (κ2) is 18.8. The normalized spacial score (nSPS) is 39.5. The van der Waals surface area contributed by atoms with Crippen LogP contribution in [0.5, 0.6) is 0 Å². The lowest BCUT2D eigenvalue weighted by molar-refractivity contribution is -0.193. The van der Waals surface area contributed by atoms with Crippen molar-refractivity contribution < 1.29 is 34.2 Å². The number of hydrogen-bond acceptors (Lipinski definition) is 9. The first kappa shape index (κ1) is 44.7. The van der Waals surface area contributed by atoms with E-state index in [0.717, 1.165) is 57.8 Å². The van der Waals surface area contributed by atoms with Gasteiger partial charge in [-0.15, -0.1) is 0 Å². The minimum atomic E-state index is -0.847. The number of amides is 3. The topological polar surface area (TPSA) is 144 Å². The summed E-state index contributed by atoms with van der Waals surface area (Å²) in [5.74, 6) is 1.59. The van der Waals surface area contributed by atoms with Gasteiger partial charge in [-0.1, -0.05) is 59.3 Å². The van der Waals surface area contributed by atoms with Crippen LogP contribution >= 0.6 is 0 Å². The predicted octanol–water partition coefficient (Wildman–Crippen LogP) is 4.47. The molecule has 1 saturated heterocycles. The lowest BCUT2D eigenvalue weighted by Crippen LogP contribution is -2.62. The lowest BCUT2D eigenvalue weighted by Gasteiger charge is -2.62. The van der Waals surface area contributed by atoms with Crippen molar-refractivity contribution in [2.45, 2.75) is 160 Å². The summed E-state index contributed by atoms with van der Waals surface area (Å²) in [6.07, 6.45) is 12.5. The number of methoxy groups -OCH3 is 1. The summed E-state index contributed by atoms with van der Waals surface area (Å²) in [6, 6.07) is -0.929. The largest absolute Gasteiger partial charge is 0.394 e. The molecule has 1 heterocycles. The third kappa shape index (κ3) is 9.56. The number of rotatable bonds is 14. The first-order valence-corrected chi connectivity index (χ1v) is 22.8. The highest BCUT2D eigenvalue weighted by atomic mass is 16.7. The van der Waals surface area contributed by atoms with Gasteiger partial charge in [0.25, 0.3) is 0 Å². The van der Waals surface area contributed by atoms with E-state index in [1.165, 1.54) is 25.7 Å². The molecule has 6 unspecified atom stereocenters. The molecule has 2 bridgehead atoms. The van der Waals surface area contributed by atoms with Crippen LogP contribution in [0.2, 0.25) is 0 Å². The Hall–Kier alpha value is -1.83. The number of aliphatic hydroxyl groups is 2.